The zero-order valence-electron chi connectivity index (χ0n) is 10.6. The van der Waals surface area contributed by atoms with Crippen LogP contribution in [0.2, 0.25) is 0 Å². The van der Waals surface area contributed by atoms with Crippen LogP contribution in [0.15, 0.2) is 30.3 Å². The Bertz CT molecular complexity index is 582. The van der Waals surface area contributed by atoms with Gasteiger partial charge < -0.3 is 5.32 Å². The van der Waals surface area contributed by atoms with Crippen molar-refractivity contribution in [3.63, 3.8) is 0 Å². The van der Waals surface area contributed by atoms with E-state index >= 15 is 0 Å². The standard InChI is InChI=1S/C14H17NO3S/c16-14(11-6-7-19(17,18)9-11)15-13-8-12(13)10-4-2-1-3-5-10/h1-5,11-13H,6-9H2,(H,15,16)/t11-,12+,13+/m0/s1. The Kier molecular flexibility index (Phi) is 3.09. The molecule has 2 fully saturated rings. The van der Waals surface area contributed by atoms with Crippen LogP contribution in [0.1, 0.15) is 24.3 Å². The number of carbonyl (C=O) groups excluding carboxylic acids is 1. The molecule has 1 aromatic rings. The Balaban J connectivity index is 1.56. The summed E-state index contributed by atoms with van der Waals surface area (Å²) in [4.78, 5) is 12.0. The molecule has 1 aliphatic heterocycles. The molecule has 0 spiro atoms. The number of carbonyl (C=O) groups is 1. The molecule has 3 atom stereocenters. The van der Waals surface area contributed by atoms with Gasteiger partial charge in [-0.05, 0) is 18.4 Å². The van der Waals surface area contributed by atoms with Crippen molar-refractivity contribution in [2.45, 2.75) is 24.8 Å². The molecule has 0 radical (unpaired) electrons. The van der Waals surface area contributed by atoms with Crippen LogP contribution < -0.4 is 5.32 Å². The van der Waals surface area contributed by atoms with E-state index in [4.69, 9.17) is 0 Å². The Labute approximate surface area is 113 Å². The van der Waals surface area contributed by atoms with E-state index in [9.17, 15) is 13.2 Å². The van der Waals surface area contributed by atoms with Gasteiger partial charge in [0.2, 0.25) is 5.91 Å². The van der Waals surface area contributed by atoms with Crippen molar-refractivity contribution in [3.05, 3.63) is 35.9 Å². The molecule has 19 heavy (non-hydrogen) atoms. The molecule has 5 heteroatoms. The van der Waals surface area contributed by atoms with Gasteiger partial charge >= 0.3 is 0 Å². The third-order valence-electron chi connectivity index (χ3n) is 3.95. The molecule has 0 aromatic heterocycles. The lowest BCUT2D eigenvalue weighted by Crippen LogP contribution is -2.33. The van der Waals surface area contributed by atoms with Crippen molar-refractivity contribution >= 4 is 15.7 Å². The van der Waals surface area contributed by atoms with Gasteiger partial charge in [-0.2, -0.15) is 0 Å². The Morgan fingerprint density at radius 2 is 1.95 bits per heavy atom. The van der Waals surface area contributed by atoms with E-state index in [1.807, 2.05) is 18.2 Å². The SMILES string of the molecule is O=C(N[C@@H]1C[C@@H]1c1ccccc1)[C@H]1CCS(=O)(=O)C1. The van der Waals surface area contributed by atoms with Gasteiger partial charge in [0.25, 0.3) is 0 Å². The van der Waals surface area contributed by atoms with Gasteiger partial charge in [-0.25, -0.2) is 8.42 Å². The van der Waals surface area contributed by atoms with Gasteiger partial charge in [-0.3, -0.25) is 4.79 Å². The summed E-state index contributed by atoms with van der Waals surface area (Å²) in [5, 5.41) is 2.98. The van der Waals surface area contributed by atoms with Gasteiger partial charge in [0.15, 0.2) is 9.84 Å². The number of benzene rings is 1. The predicted octanol–water partition coefficient (Wildman–Crippen LogP) is 1.09. The molecule has 0 bridgehead atoms. The summed E-state index contributed by atoms with van der Waals surface area (Å²) in [7, 11) is -2.98. The fourth-order valence-electron chi connectivity index (χ4n) is 2.73. The summed E-state index contributed by atoms with van der Waals surface area (Å²) in [6.07, 6.45) is 1.42. The first-order valence-corrected chi connectivity index (χ1v) is 8.43. The second kappa shape index (κ2) is 4.63. The highest BCUT2D eigenvalue weighted by Gasteiger charge is 2.42. The molecule has 1 aromatic carbocycles. The van der Waals surface area contributed by atoms with E-state index in [-0.39, 0.29) is 29.4 Å². The van der Waals surface area contributed by atoms with Crippen LogP contribution in [0.25, 0.3) is 0 Å². The molecule has 3 rings (SSSR count). The van der Waals surface area contributed by atoms with Crippen LogP contribution >= 0.6 is 0 Å². The summed E-state index contributed by atoms with van der Waals surface area (Å²) in [5.74, 6) is 0.120. The summed E-state index contributed by atoms with van der Waals surface area (Å²) in [5.41, 5.74) is 1.24. The van der Waals surface area contributed by atoms with Crippen molar-refractivity contribution in [3.8, 4) is 0 Å². The Morgan fingerprint density at radius 3 is 2.58 bits per heavy atom. The molecule has 1 saturated heterocycles. The third-order valence-corrected chi connectivity index (χ3v) is 5.72. The van der Waals surface area contributed by atoms with Crippen LogP contribution in [0, 0.1) is 5.92 Å². The van der Waals surface area contributed by atoms with Gasteiger partial charge in [0.05, 0.1) is 17.4 Å². The highest BCUT2D eigenvalue weighted by Crippen LogP contribution is 2.40. The maximum atomic E-state index is 12.0. The predicted molar refractivity (Wildman–Crippen MR) is 72.5 cm³/mol. The van der Waals surface area contributed by atoms with Crippen molar-refractivity contribution in [2.24, 2.45) is 5.92 Å². The topological polar surface area (TPSA) is 63.2 Å². The Hall–Kier alpha value is -1.36. The number of rotatable bonds is 3. The van der Waals surface area contributed by atoms with E-state index in [1.165, 1.54) is 5.56 Å². The van der Waals surface area contributed by atoms with E-state index in [2.05, 4.69) is 17.4 Å². The van der Waals surface area contributed by atoms with E-state index in [0.29, 0.717) is 12.3 Å². The van der Waals surface area contributed by atoms with Crippen LogP contribution in [0.3, 0.4) is 0 Å². The van der Waals surface area contributed by atoms with E-state index < -0.39 is 9.84 Å². The van der Waals surface area contributed by atoms with Gasteiger partial charge in [0, 0.05) is 12.0 Å². The van der Waals surface area contributed by atoms with Gasteiger partial charge in [0.1, 0.15) is 0 Å². The lowest BCUT2D eigenvalue weighted by molar-refractivity contribution is -0.124. The summed E-state index contributed by atoms with van der Waals surface area (Å²) in [6.45, 7) is 0. The number of sulfone groups is 1. The molecule has 1 aliphatic carbocycles. The highest BCUT2D eigenvalue weighted by molar-refractivity contribution is 7.91. The fourth-order valence-corrected chi connectivity index (χ4v) is 4.47. The van der Waals surface area contributed by atoms with Crippen molar-refractivity contribution in [2.75, 3.05) is 11.5 Å². The zero-order chi connectivity index (χ0) is 13.5. The monoisotopic (exact) mass is 279 g/mol. The second-order valence-electron chi connectivity index (χ2n) is 5.47. The van der Waals surface area contributed by atoms with Crippen molar-refractivity contribution in [1.82, 2.24) is 5.32 Å². The highest BCUT2D eigenvalue weighted by atomic mass is 32.2. The zero-order valence-corrected chi connectivity index (χ0v) is 11.4. The molecular weight excluding hydrogens is 262 g/mol. The number of nitrogens with one attached hydrogen (secondary N) is 1. The second-order valence-corrected chi connectivity index (χ2v) is 7.70. The maximum Gasteiger partial charge on any atom is 0.224 e. The van der Waals surface area contributed by atoms with Gasteiger partial charge in [-0.15, -0.1) is 0 Å². The molecule has 1 heterocycles. The van der Waals surface area contributed by atoms with Crippen LogP contribution in [-0.2, 0) is 14.6 Å². The number of hydrogen-bond donors (Lipinski definition) is 1. The summed E-state index contributed by atoms with van der Waals surface area (Å²) >= 11 is 0. The minimum Gasteiger partial charge on any atom is -0.352 e. The molecule has 1 saturated carbocycles. The van der Waals surface area contributed by atoms with E-state index in [0.717, 1.165) is 6.42 Å². The fraction of sp³-hybridized carbons (Fsp3) is 0.500. The first-order valence-electron chi connectivity index (χ1n) is 6.61. The molecule has 0 unspecified atom stereocenters. The molecular formula is C14H17NO3S. The maximum absolute atomic E-state index is 12.0. The quantitative estimate of drug-likeness (QED) is 0.901. The first-order chi connectivity index (χ1) is 9.05. The molecule has 102 valence electrons. The van der Waals surface area contributed by atoms with Crippen LogP contribution in [0.4, 0.5) is 0 Å². The van der Waals surface area contributed by atoms with Crippen LogP contribution in [-0.4, -0.2) is 31.9 Å². The first kappa shape index (κ1) is 12.7. The molecule has 1 amide bonds. The molecule has 2 aliphatic rings. The molecule has 4 nitrogen and oxygen atoms in total. The smallest absolute Gasteiger partial charge is 0.224 e. The van der Waals surface area contributed by atoms with Crippen LogP contribution in [0.5, 0.6) is 0 Å². The summed E-state index contributed by atoms with van der Waals surface area (Å²) in [6, 6.07) is 10.3. The minimum absolute atomic E-state index is 0.0154. The van der Waals surface area contributed by atoms with E-state index in [1.54, 1.807) is 0 Å². The summed E-state index contributed by atoms with van der Waals surface area (Å²) < 4.78 is 22.7. The minimum atomic E-state index is -2.98. The lowest BCUT2D eigenvalue weighted by Gasteiger charge is -2.09. The normalized spacial score (nSPS) is 31.9. The largest absolute Gasteiger partial charge is 0.352 e. The average molecular weight is 279 g/mol. The lowest BCUT2D eigenvalue weighted by atomic mass is 10.1. The van der Waals surface area contributed by atoms with Crippen molar-refractivity contribution < 1.29 is 13.2 Å². The molecule has 1 N–H and O–H groups in total. The van der Waals surface area contributed by atoms with Crippen molar-refractivity contribution in [1.29, 1.82) is 0 Å². The number of hydrogen-bond acceptors (Lipinski definition) is 3. The third kappa shape index (κ3) is 2.81. The number of amides is 1. The van der Waals surface area contributed by atoms with Gasteiger partial charge in [-0.1, -0.05) is 30.3 Å². The average Bonchev–Trinajstić information content (AvgIpc) is 3.05. The Morgan fingerprint density at radius 1 is 1.21 bits per heavy atom.